The zero-order valence-corrected chi connectivity index (χ0v) is 12.1. The van der Waals surface area contributed by atoms with E-state index in [-0.39, 0.29) is 0 Å². The molecule has 15 heavy (non-hydrogen) atoms. The molecule has 0 N–H and O–H groups in total. The molecule has 0 fully saturated rings. The normalized spacial score (nSPS) is 15.4. The molecule has 92 valence electrons. The predicted molar refractivity (Wildman–Crippen MR) is 71.2 cm³/mol. The second-order valence-electron chi connectivity index (χ2n) is 6.58. The highest BCUT2D eigenvalue weighted by Crippen LogP contribution is 2.42. The van der Waals surface area contributed by atoms with Crippen molar-refractivity contribution < 1.29 is 0 Å². The summed E-state index contributed by atoms with van der Waals surface area (Å²) in [5.74, 6) is 0.873. The van der Waals surface area contributed by atoms with E-state index >= 15 is 0 Å². The minimum atomic E-state index is 0.510. The first-order valence-corrected chi connectivity index (χ1v) is 6.78. The van der Waals surface area contributed by atoms with E-state index in [9.17, 15) is 0 Å². The first-order chi connectivity index (χ1) is 6.78. The molecule has 0 bridgehead atoms. The van der Waals surface area contributed by atoms with Gasteiger partial charge in [0.25, 0.3) is 0 Å². The van der Waals surface area contributed by atoms with E-state index in [2.05, 4.69) is 48.5 Å². The number of hydrogen-bond donors (Lipinski definition) is 0. The monoisotopic (exact) mass is 212 g/mol. The quantitative estimate of drug-likeness (QED) is 0.510. The van der Waals surface area contributed by atoms with Crippen LogP contribution >= 0.6 is 0 Å². The molecule has 0 saturated carbocycles. The van der Waals surface area contributed by atoms with Crippen LogP contribution in [0.2, 0.25) is 0 Å². The summed E-state index contributed by atoms with van der Waals surface area (Å²) >= 11 is 0. The van der Waals surface area contributed by atoms with E-state index in [1.165, 1.54) is 32.1 Å². The molecule has 0 nitrogen and oxygen atoms in total. The summed E-state index contributed by atoms with van der Waals surface area (Å²) < 4.78 is 0. The zero-order chi connectivity index (χ0) is 12.1. The molecule has 0 heterocycles. The first-order valence-electron chi connectivity index (χ1n) is 6.78. The molecular formula is C15H32. The molecule has 0 spiro atoms. The van der Waals surface area contributed by atoms with E-state index in [0.29, 0.717) is 10.8 Å². The van der Waals surface area contributed by atoms with E-state index in [0.717, 1.165) is 5.92 Å². The van der Waals surface area contributed by atoms with E-state index < -0.39 is 0 Å². The molecule has 0 radical (unpaired) electrons. The summed E-state index contributed by atoms with van der Waals surface area (Å²) in [6.07, 6.45) is 6.69. The lowest BCUT2D eigenvalue weighted by Crippen LogP contribution is -2.26. The molecular weight excluding hydrogens is 180 g/mol. The third-order valence-corrected chi connectivity index (χ3v) is 4.21. The Labute approximate surface area is 97.8 Å². The Morgan fingerprint density at radius 2 is 1.40 bits per heavy atom. The standard InChI is InChI=1S/C15H32/c1-8-13(4)11-14(5,6)12-15(7,9-2)10-3/h13H,8-12H2,1-7H3. The fourth-order valence-electron chi connectivity index (χ4n) is 2.82. The van der Waals surface area contributed by atoms with Gasteiger partial charge in [-0.25, -0.2) is 0 Å². The van der Waals surface area contributed by atoms with Gasteiger partial charge >= 0.3 is 0 Å². The van der Waals surface area contributed by atoms with Gasteiger partial charge in [-0.2, -0.15) is 0 Å². The summed E-state index contributed by atoms with van der Waals surface area (Å²) in [6, 6.07) is 0. The van der Waals surface area contributed by atoms with E-state index in [1.54, 1.807) is 0 Å². The molecule has 0 aliphatic rings. The van der Waals surface area contributed by atoms with Crippen LogP contribution in [0.5, 0.6) is 0 Å². The van der Waals surface area contributed by atoms with Gasteiger partial charge in [0.15, 0.2) is 0 Å². The maximum absolute atomic E-state index is 2.45. The van der Waals surface area contributed by atoms with Crippen molar-refractivity contribution in [3.05, 3.63) is 0 Å². The highest BCUT2D eigenvalue weighted by atomic mass is 14.4. The summed E-state index contributed by atoms with van der Waals surface area (Å²) in [6.45, 7) is 16.7. The molecule has 0 aromatic heterocycles. The molecule has 0 rings (SSSR count). The topological polar surface area (TPSA) is 0 Å². The molecule has 0 amide bonds. The number of rotatable bonds is 7. The van der Waals surface area contributed by atoms with Gasteiger partial charge in [-0.15, -0.1) is 0 Å². The average Bonchev–Trinajstić information content (AvgIpc) is 2.16. The van der Waals surface area contributed by atoms with Gasteiger partial charge in [-0.1, -0.05) is 67.7 Å². The minimum Gasteiger partial charge on any atom is -0.0651 e. The minimum absolute atomic E-state index is 0.510. The summed E-state index contributed by atoms with van der Waals surface area (Å²) in [7, 11) is 0. The molecule has 0 saturated heterocycles. The molecule has 1 unspecified atom stereocenters. The fraction of sp³-hybridized carbons (Fsp3) is 1.00. The number of hydrogen-bond acceptors (Lipinski definition) is 0. The highest BCUT2D eigenvalue weighted by Gasteiger charge is 2.30. The lowest BCUT2D eigenvalue weighted by atomic mass is 9.68. The van der Waals surface area contributed by atoms with E-state index in [1.807, 2.05) is 0 Å². The average molecular weight is 212 g/mol. The van der Waals surface area contributed by atoms with Crippen LogP contribution in [0.1, 0.15) is 80.6 Å². The molecule has 0 aromatic rings. The molecule has 0 aliphatic heterocycles. The summed E-state index contributed by atoms with van der Waals surface area (Å²) in [5, 5.41) is 0. The summed E-state index contributed by atoms with van der Waals surface area (Å²) in [4.78, 5) is 0. The van der Waals surface area contributed by atoms with Gasteiger partial charge in [0.1, 0.15) is 0 Å². The maximum atomic E-state index is 2.45. The van der Waals surface area contributed by atoms with Gasteiger partial charge in [-0.05, 0) is 29.6 Å². The van der Waals surface area contributed by atoms with Crippen LogP contribution in [0.25, 0.3) is 0 Å². The molecule has 0 aliphatic carbocycles. The molecule has 0 heteroatoms. The van der Waals surface area contributed by atoms with E-state index in [4.69, 9.17) is 0 Å². The van der Waals surface area contributed by atoms with Gasteiger partial charge in [0.05, 0.1) is 0 Å². The van der Waals surface area contributed by atoms with Crippen molar-refractivity contribution in [2.75, 3.05) is 0 Å². The third kappa shape index (κ3) is 5.58. The Balaban J connectivity index is 4.34. The van der Waals surface area contributed by atoms with Crippen molar-refractivity contribution in [1.82, 2.24) is 0 Å². The fourth-order valence-corrected chi connectivity index (χ4v) is 2.82. The van der Waals surface area contributed by atoms with Crippen molar-refractivity contribution in [2.24, 2.45) is 16.7 Å². The van der Waals surface area contributed by atoms with Crippen molar-refractivity contribution in [2.45, 2.75) is 80.6 Å². The Bertz CT molecular complexity index is 163. The third-order valence-electron chi connectivity index (χ3n) is 4.21. The van der Waals surface area contributed by atoms with Crippen molar-refractivity contribution in [1.29, 1.82) is 0 Å². The summed E-state index contributed by atoms with van der Waals surface area (Å²) in [5.41, 5.74) is 1.06. The van der Waals surface area contributed by atoms with Crippen LogP contribution in [-0.4, -0.2) is 0 Å². The second-order valence-corrected chi connectivity index (χ2v) is 6.58. The van der Waals surface area contributed by atoms with Crippen LogP contribution in [-0.2, 0) is 0 Å². The second kappa shape index (κ2) is 5.92. The lowest BCUT2D eigenvalue weighted by Gasteiger charge is -2.38. The van der Waals surface area contributed by atoms with Crippen molar-refractivity contribution in [3.63, 3.8) is 0 Å². The molecule has 0 aromatic carbocycles. The highest BCUT2D eigenvalue weighted by molar-refractivity contribution is 4.81. The van der Waals surface area contributed by atoms with Crippen molar-refractivity contribution >= 4 is 0 Å². The van der Waals surface area contributed by atoms with Crippen LogP contribution in [0, 0.1) is 16.7 Å². The van der Waals surface area contributed by atoms with Gasteiger partial charge < -0.3 is 0 Å². The van der Waals surface area contributed by atoms with Crippen molar-refractivity contribution in [3.8, 4) is 0 Å². The van der Waals surface area contributed by atoms with Gasteiger partial charge in [0.2, 0.25) is 0 Å². The van der Waals surface area contributed by atoms with Gasteiger partial charge in [-0.3, -0.25) is 0 Å². The largest absolute Gasteiger partial charge is 0.0651 e. The zero-order valence-electron chi connectivity index (χ0n) is 12.1. The first kappa shape index (κ1) is 15.0. The molecule has 1 atom stereocenters. The van der Waals surface area contributed by atoms with Crippen LogP contribution in [0.3, 0.4) is 0 Å². The van der Waals surface area contributed by atoms with Gasteiger partial charge in [0, 0.05) is 0 Å². The lowest BCUT2D eigenvalue weighted by molar-refractivity contribution is 0.137. The smallest absolute Gasteiger partial charge is 0.0326 e. The predicted octanol–water partition coefficient (Wildman–Crippen LogP) is 5.67. The van der Waals surface area contributed by atoms with Crippen LogP contribution in [0.4, 0.5) is 0 Å². The Hall–Kier alpha value is 0. The Kier molecular flexibility index (Phi) is 5.92. The Morgan fingerprint density at radius 1 is 0.933 bits per heavy atom. The SMILES string of the molecule is CCC(C)CC(C)(C)CC(C)(CC)CC. The Morgan fingerprint density at radius 3 is 1.73 bits per heavy atom. The van der Waals surface area contributed by atoms with Crippen LogP contribution < -0.4 is 0 Å². The van der Waals surface area contributed by atoms with Crippen LogP contribution in [0.15, 0.2) is 0 Å². The maximum Gasteiger partial charge on any atom is -0.0326 e.